The lowest BCUT2D eigenvalue weighted by molar-refractivity contribution is 1.12. The number of hydrogen-bond donors (Lipinski definition) is 1. The van der Waals surface area contributed by atoms with Crippen molar-refractivity contribution in [2.45, 2.75) is 0 Å². The Hall–Kier alpha value is -2.23. The first-order chi connectivity index (χ1) is 7.43. The van der Waals surface area contributed by atoms with Crippen molar-refractivity contribution in [1.29, 1.82) is 0 Å². The molecule has 72 valence electrons. The molecule has 0 atom stereocenters. The molecule has 0 aliphatic heterocycles. The summed E-state index contributed by atoms with van der Waals surface area (Å²) in [4.78, 5) is 8.29. The molecule has 1 aromatic carbocycles. The number of nitrogens with one attached hydrogen (secondary N) is 1. The molecule has 15 heavy (non-hydrogen) atoms. The van der Waals surface area contributed by atoms with Gasteiger partial charge in [-0.25, -0.2) is 0 Å². The van der Waals surface area contributed by atoms with Crippen molar-refractivity contribution in [3.05, 3.63) is 43.0 Å². The van der Waals surface area contributed by atoms with Gasteiger partial charge in [-0.05, 0) is 12.1 Å². The summed E-state index contributed by atoms with van der Waals surface area (Å²) in [6.07, 6.45) is 6.91. The molecule has 4 nitrogen and oxygen atoms in total. The third-order valence-corrected chi connectivity index (χ3v) is 2.30. The predicted octanol–water partition coefficient (Wildman–Crippen LogP) is 2.02. The Labute approximate surface area is 86.0 Å². The van der Waals surface area contributed by atoms with Crippen LogP contribution in [0.15, 0.2) is 43.0 Å². The van der Waals surface area contributed by atoms with Crippen molar-refractivity contribution >= 4 is 10.9 Å². The van der Waals surface area contributed by atoms with E-state index in [-0.39, 0.29) is 0 Å². The summed E-state index contributed by atoms with van der Waals surface area (Å²) in [6.45, 7) is 0. The molecule has 0 aliphatic rings. The van der Waals surface area contributed by atoms with Crippen molar-refractivity contribution in [3.8, 4) is 11.3 Å². The maximum absolute atomic E-state index is 4.25. The van der Waals surface area contributed by atoms with Crippen LogP contribution in [-0.4, -0.2) is 20.2 Å². The lowest BCUT2D eigenvalue weighted by atomic mass is 10.1. The monoisotopic (exact) mass is 196 g/mol. The fourth-order valence-corrected chi connectivity index (χ4v) is 1.55. The first-order valence-electron chi connectivity index (χ1n) is 4.63. The van der Waals surface area contributed by atoms with Gasteiger partial charge in [-0.1, -0.05) is 6.07 Å². The molecule has 0 aliphatic carbocycles. The van der Waals surface area contributed by atoms with Gasteiger partial charge in [0.2, 0.25) is 0 Å². The minimum Gasteiger partial charge on any atom is -0.278 e. The molecule has 0 fully saturated rings. The minimum atomic E-state index is 0.876. The Morgan fingerprint density at radius 2 is 2.07 bits per heavy atom. The van der Waals surface area contributed by atoms with Gasteiger partial charge >= 0.3 is 0 Å². The molecule has 0 amide bonds. The lowest BCUT2D eigenvalue weighted by Crippen LogP contribution is -1.83. The van der Waals surface area contributed by atoms with Crippen LogP contribution < -0.4 is 0 Å². The minimum absolute atomic E-state index is 0.876. The SMILES string of the molecule is c1cnc(-c2ccc3[nH]ncc3c2)cn1. The van der Waals surface area contributed by atoms with E-state index in [1.807, 2.05) is 18.2 Å². The lowest BCUT2D eigenvalue weighted by Gasteiger charge is -1.98. The predicted molar refractivity (Wildman–Crippen MR) is 57.1 cm³/mol. The molecule has 0 bridgehead atoms. The molecule has 0 saturated carbocycles. The second-order valence-corrected chi connectivity index (χ2v) is 3.26. The van der Waals surface area contributed by atoms with E-state index in [9.17, 15) is 0 Å². The van der Waals surface area contributed by atoms with Gasteiger partial charge in [0.15, 0.2) is 0 Å². The first kappa shape index (κ1) is 8.11. The average Bonchev–Trinajstić information content (AvgIpc) is 2.77. The van der Waals surface area contributed by atoms with Crippen molar-refractivity contribution in [2.24, 2.45) is 0 Å². The number of aromatic amines is 1. The first-order valence-corrected chi connectivity index (χ1v) is 4.63. The summed E-state index contributed by atoms with van der Waals surface area (Å²) < 4.78 is 0. The molecule has 0 saturated heterocycles. The molecule has 1 N–H and O–H groups in total. The van der Waals surface area contributed by atoms with Crippen molar-refractivity contribution in [1.82, 2.24) is 20.2 Å². The maximum Gasteiger partial charge on any atom is 0.0885 e. The van der Waals surface area contributed by atoms with E-state index in [4.69, 9.17) is 0 Å². The maximum atomic E-state index is 4.25. The van der Waals surface area contributed by atoms with E-state index in [2.05, 4.69) is 20.2 Å². The topological polar surface area (TPSA) is 54.5 Å². The number of fused-ring (bicyclic) bond motifs is 1. The van der Waals surface area contributed by atoms with Crippen LogP contribution in [0, 0.1) is 0 Å². The van der Waals surface area contributed by atoms with Crippen molar-refractivity contribution in [3.63, 3.8) is 0 Å². The normalized spacial score (nSPS) is 10.7. The van der Waals surface area contributed by atoms with E-state index in [1.54, 1.807) is 24.8 Å². The number of hydrogen-bond acceptors (Lipinski definition) is 3. The van der Waals surface area contributed by atoms with Crippen LogP contribution in [0.25, 0.3) is 22.2 Å². The zero-order valence-electron chi connectivity index (χ0n) is 7.88. The summed E-state index contributed by atoms with van der Waals surface area (Å²) in [5, 5.41) is 7.97. The molecule has 4 heteroatoms. The van der Waals surface area contributed by atoms with Gasteiger partial charge < -0.3 is 0 Å². The van der Waals surface area contributed by atoms with Crippen LogP contribution in [0.1, 0.15) is 0 Å². The van der Waals surface area contributed by atoms with Crippen LogP contribution in [0.2, 0.25) is 0 Å². The standard InChI is InChI=1S/C11H8N4/c1-2-10-9(6-14-15-10)5-8(1)11-7-12-3-4-13-11/h1-7H,(H,14,15). The highest BCUT2D eigenvalue weighted by Crippen LogP contribution is 2.20. The zero-order valence-corrected chi connectivity index (χ0v) is 7.88. The van der Waals surface area contributed by atoms with Crippen LogP contribution >= 0.6 is 0 Å². The van der Waals surface area contributed by atoms with Gasteiger partial charge in [0.25, 0.3) is 0 Å². The van der Waals surface area contributed by atoms with Gasteiger partial charge in [0.05, 0.1) is 23.6 Å². The van der Waals surface area contributed by atoms with Crippen LogP contribution in [0.4, 0.5) is 0 Å². The Balaban J connectivity index is 2.19. The number of aromatic nitrogens is 4. The van der Waals surface area contributed by atoms with E-state index in [0.29, 0.717) is 0 Å². The molecule has 2 heterocycles. The van der Waals surface area contributed by atoms with Crippen LogP contribution in [0.3, 0.4) is 0 Å². The van der Waals surface area contributed by atoms with E-state index in [1.165, 1.54) is 0 Å². The second kappa shape index (κ2) is 3.16. The van der Waals surface area contributed by atoms with E-state index in [0.717, 1.165) is 22.2 Å². The number of rotatable bonds is 1. The molecule has 0 unspecified atom stereocenters. The largest absolute Gasteiger partial charge is 0.278 e. The van der Waals surface area contributed by atoms with Crippen molar-refractivity contribution in [2.75, 3.05) is 0 Å². The van der Waals surface area contributed by atoms with Crippen LogP contribution in [0.5, 0.6) is 0 Å². The summed E-state index contributed by atoms with van der Waals surface area (Å²) in [6, 6.07) is 6.04. The van der Waals surface area contributed by atoms with Crippen LogP contribution in [-0.2, 0) is 0 Å². The Kier molecular flexibility index (Phi) is 1.71. The highest BCUT2D eigenvalue weighted by atomic mass is 15.1. The zero-order chi connectivity index (χ0) is 10.1. The fourth-order valence-electron chi connectivity index (χ4n) is 1.55. The van der Waals surface area contributed by atoms with E-state index >= 15 is 0 Å². The third kappa shape index (κ3) is 1.36. The molecule has 3 rings (SSSR count). The smallest absolute Gasteiger partial charge is 0.0885 e. The summed E-state index contributed by atoms with van der Waals surface area (Å²) in [5.74, 6) is 0. The highest BCUT2D eigenvalue weighted by Gasteiger charge is 2.01. The molecule has 0 radical (unpaired) electrons. The van der Waals surface area contributed by atoms with E-state index < -0.39 is 0 Å². The van der Waals surface area contributed by atoms with Gasteiger partial charge in [0.1, 0.15) is 0 Å². The van der Waals surface area contributed by atoms with Crippen molar-refractivity contribution < 1.29 is 0 Å². The summed E-state index contributed by atoms with van der Waals surface area (Å²) in [7, 11) is 0. The average molecular weight is 196 g/mol. The third-order valence-electron chi connectivity index (χ3n) is 2.30. The van der Waals surface area contributed by atoms with Gasteiger partial charge in [-0.3, -0.25) is 15.1 Å². The summed E-state index contributed by atoms with van der Waals surface area (Å²) in [5.41, 5.74) is 2.96. The Morgan fingerprint density at radius 3 is 2.93 bits per heavy atom. The number of H-pyrrole nitrogens is 1. The van der Waals surface area contributed by atoms with Gasteiger partial charge in [-0.2, -0.15) is 5.10 Å². The highest BCUT2D eigenvalue weighted by molar-refractivity contribution is 5.83. The number of benzene rings is 1. The van der Waals surface area contributed by atoms with Gasteiger partial charge in [0, 0.05) is 23.3 Å². The molecular formula is C11H8N4. The molecule has 0 spiro atoms. The van der Waals surface area contributed by atoms with Gasteiger partial charge in [-0.15, -0.1) is 0 Å². The second-order valence-electron chi connectivity index (χ2n) is 3.26. The molecule has 2 aromatic heterocycles. The quantitative estimate of drug-likeness (QED) is 0.647. The fraction of sp³-hybridized carbons (Fsp3) is 0. The number of nitrogens with zero attached hydrogens (tertiary/aromatic N) is 3. The Bertz CT molecular complexity index is 586. The molecule has 3 aromatic rings. The summed E-state index contributed by atoms with van der Waals surface area (Å²) >= 11 is 0. The molecular weight excluding hydrogens is 188 g/mol. The Morgan fingerprint density at radius 1 is 1.07 bits per heavy atom.